The molecule has 0 aromatic heterocycles. The molecule has 1 aliphatic rings. The van der Waals surface area contributed by atoms with Crippen LogP contribution in [0.1, 0.15) is 39.5 Å². The summed E-state index contributed by atoms with van der Waals surface area (Å²) in [4.78, 5) is 22.9. The molecule has 0 spiro atoms. The van der Waals surface area contributed by atoms with E-state index in [1.165, 1.54) is 7.11 Å². The van der Waals surface area contributed by atoms with Crippen LogP contribution in [0.5, 0.6) is 0 Å². The van der Waals surface area contributed by atoms with Crippen molar-refractivity contribution in [3.63, 3.8) is 0 Å². The minimum Gasteiger partial charge on any atom is -0.468 e. The fourth-order valence-electron chi connectivity index (χ4n) is 2.43. The summed E-state index contributed by atoms with van der Waals surface area (Å²) in [6.45, 7) is 4.19. The monoisotopic (exact) mass is 287 g/mol. The first-order valence-electron chi connectivity index (χ1n) is 7.12. The summed E-state index contributed by atoms with van der Waals surface area (Å²) in [7, 11) is 1.33. The summed E-state index contributed by atoms with van der Waals surface area (Å²) in [5, 5.41) is 13.4. The molecule has 2 N–H and O–H groups in total. The van der Waals surface area contributed by atoms with Gasteiger partial charge in [0.05, 0.1) is 25.2 Å². The zero-order chi connectivity index (χ0) is 15.2. The minimum absolute atomic E-state index is 0.117. The highest BCUT2D eigenvalue weighted by molar-refractivity contribution is 5.75. The Bertz CT molecular complexity index is 336. The van der Waals surface area contributed by atoms with Gasteiger partial charge in [-0.2, -0.15) is 0 Å². The van der Waals surface area contributed by atoms with Crippen LogP contribution >= 0.6 is 0 Å². The van der Waals surface area contributed by atoms with E-state index in [1.807, 2.05) is 0 Å². The van der Waals surface area contributed by atoms with Gasteiger partial charge in [0.25, 0.3) is 0 Å². The number of esters is 2. The fourth-order valence-corrected chi connectivity index (χ4v) is 2.43. The topological polar surface area (TPSA) is 84.9 Å². The molecule has 0 aliphatic heterocycles. The quantitative estimate of drug-likeness (QED) is 0.697. The van der Waals surface area contributed by atoms with Gasteiger partial charge in [-0.15, -0.1) is 0 Å². The van der Waals surface area contributed by atoms with E-state index in [0.29, 0.717) is 38.8 Å². The van der Waals surface area contributed by atoms with E-state index >= 15 is 0 Å². The zero-order valence-electron chi connectivity index (χ0n) is 12.5. The molecule has 0 radical (unpaired) electrons. The molecule has 6 nitrogen and oxygen atoms in total. The van der Waals surface area contributed by atoms with Gasteiger partial charge in [0.15, 0.2) is 0 Å². The van der Waals surface area contributed by atoms with Crippen molar-refractivity contribution in [2.45, 2.75) is 51.2 Å². The van der Waals surface area contributed by atoms with E-state index in [9.17, 15) is 14.7 Å². The highest BCUT2D eigenvalue weighted by Crippen LogP contribution is 2.32. The lowest BCUT2D eigenvalue weighted by Gasteiger charge is -2.35. The Labute approximate surface area is 119 Å². The smallest absolute Gasteiger partial charge is 0.322 e. The van der Waals surface area contributed by atoms with Gasteiger partial charge in [0.2, 0.25) is 0 Å². The van der Waals surface area contributed by atoms with Crippen LogP contribution in [0.4, 0.5) is 0 Å². The second-order valence-corrected chi connectivity index (χ2v) is 5.38. The molecule has 116 valence electrons. The maximum Gasteiger partial charge on any atom is 0.322 e. The van der Waals surface area contributed by atoms with Gasteiger partial charge in [0.1, 0.15) is 6.04 Å². The Balaban J connectivity index is 2.38. The van der Waals surface area contributed by atoms with Crippen molar-refractivity contribution in [2.75, 3.05) is 20.3 Å². The average Bonchev–Trinajstić information content (AvgIpc) is 2.45. The van der Waals surface area contributed by atoms with E-state index < -0.39 is 11.6 Å². The first kappa shape index (κ1) is 16.9. The Hall–Kier alpha value is -1.14. The number of methoxy groups -OCH3 is 1. The molecule has 1 fully saturated rings. The number of rotatable bonds is 6. The predicted molar refractivity (Wildman–Crippen MR) is 73.0 cm³/mol. The van der Waals surface area contributed by atoms with Gasteiger partial charge < -0.3 is 19.9 Å². The van der Waals surface area contributed by atoms with Crippen LogP contribution in [0, 0.1) is 5.92 Å². The molecule has 0 amide bonds. The Morgan fingerprint density at radius 3 is 2.50 bits per heavy atom. The summed E-state index contributed by atoms with van der Waals surface area (Å²) >= 11 is 0. The summed E-state index contributed by atoms with van der Waals surface area (Å²) in [6, 6.07) is -0.452. The summed E-state index contributed by atoms with van der Waals surface area (Å²) in [5.41, 5.74) is -0.870. The second kappa shape index (κ2) is 7.59. The van der Waals surface area contributed by atoms with E-state index in [-0.39, 0.29) is 17.9 Å². The fraction of sp³-hybridized carbons (Fsp3) is 0.857. The van der Waals surface area contributed by atoms with Crippen LogP contribution in [-0.4, -0.2) is 48.9 Å². The molecule has 0 aromatic carbocycles. The highest BCUT2D eigenvalue weighted by Gasteiger charge is 2.36. The van der Waals surface area contributed by atoms with Crippen LogP contribution in [-0.2, 0) is 19.1 Å². The summed E-state index contributed by atoms with van der Waals surface area (Å²) in [6.07, 6.45) is 2.28. The summed E-state index contributed by atoms with van der Waals surface area (Å²) in [5.74, 6) is -0.646. The molecule has 1 saturated carbocycles. The lowest BCUT2D eigenvalue weighted by molar-refractivity contribution is -0.151. The first-order chi connectivity index (χ1) is 9.41. The third-order valence-corrected chi connectivity index (χ3v) is 3.83. The van der Waals surface area contributed by atoms with Crippen molar-refractivity contribution in [1.29, 1.82) is 0 Å². The van der Waals surface area contributed by atoms with Crippen molar-refractivity contribution in [3.05, 3.63) is 0 Å². The molecular formula is C14H25NO5. The molecule has 0 saturated heterocycles. The molecule has 0 heterocycles. The Morgan fingerprint density at radius 1 is 1.40 bits per heavy atom. The van der Waals surface area contributed by atoms with E-state index in [1.54, 1.807) is 13.8 Å². The molecule has 1 unspecified atom stereocenters. The minimum atomic E-state index is -0.870. The van der Waals surface area contributed by atoms with Crippen molar-refractivity contribution >= 4 is 11.9 Å². The number of nitrogens with one attached hydrogen (secondary N) is 1. The van der Waals surface area contributed by atoms with Crippen LogP contribution in [0.25, 0.3) is 0 Å². The number of carbonyl (C=O) groups excluding carboxylic acids is 2. The maximum absolute atomic E-state index is 11.6. The lowest BCUT2D eigenvalue weighted by Crippen LogP contribution is -2.48. The molecule has 1 rings (SSSR count). The lowest BCUT2D eigenvalue weighted by atomic mass is 9.78. The average molecular weight is 287 g/mol. The Morgan fingerprint density at radius 2 is 2.00 bits per heavy atom. The van der Waals surface area contributed by atoms with E-state index in [4.69, 9.17) is 4.74 Å². The van der Waals surface area contributed by atoms with Crippen LogP contribution in [0.15, 0.2) is 0 Å². The zero-order valence-corrected chi connectivity index (χ0v) is 12.5. The molecule has 1 atom stereocenters. The summed E-state index contributed by atoms with van der Waals surface area (Å²) < 4.78 is 9.61. The molecule has 6 heteroatoms. The molecule has 20 heavy (non-hydrogen) atoms. The van der Waals surface area contributed by atoms with Gasteiger partial charge in [-0.25, -0.2) is 0 Å². The third kappa shape index (κ3) is 4.76. The van der Waals surface area contributed by atoms with E-state index in [0.717, 1.165) is 0 Å². The van der Waals surface area contributed by atoms with Gasteiger partial charge in [-0.05, 0) is 39.5 Å². The molecule has 1 aliphatic carbocycles. The molecular weight excluding hydrogens is 262 g/mol. The van der Waals surface area contributed by atoms with Crippen LogP contribution in [0.2, 0.25) is 0 Å². The van der Waals surface area contributed by atoms with Gasteiger partial charge in [0, 0.05) is 6.54 Å². The van der Waals surface area contributed by atoms with Gasteiger partial charge in [-0.1, -0.05) is 0 Å². The number of aliphatic hydroxyl groups is 1. The number of ether oxygens (including phenoxy) is 2. The third-order valence-electron chi connectivity index (χ3n) is 3.83. The Kier molecular flexibility index (Phi) is 6.42. The van der Waals surface area contributed by atoms with Crippen LogP contribution in [0.3, 0.4) is 0 Å². The van der Waals surface area contributed by atoms with Crippen LogP contribution < -0.4 is 5.32 Å². The van der Waals surface area contributed by atoms with Crippen molar-refractivity contribution in [3.8, 4) is 0 Å². The molecule has 0 aromatic rings. The SMILES string of the molecule is CCOC(=O)C1CCC(O)(CNC(C)C(=O)OC)CC1. The predicted octanol–water partition coefficient (Wildman–Crippen LogP) is 0.622. The van der Waals surface area contributed by atoms with Crippen molar-refractivity contribution < 1.29 is 24.2 Å². The second-order valence-electron chi connectivity index (χ2n) is 5.38. The van der Waals surface area contributed by atoms with E-state index in [2.05, 4.69) is 10.1 Å². The number of hydrogen-bond acceptors (Lipinski definition) is 6. The molecule has 0 bridgehead atoms. The van der Waals surface area contributed by atoms with Crippen molar-refractivity contribution in [1.82, 2.24) is 5.32 Å². The van der Waals surface area contributed by atoms with Crippen molar-refractivity contribution in [2.24, 2.45) is 5.92 Å². The normalized spacial score (nSPS) is 27.7. The number of hydrogen-bond donors (Lipinski definition) is 2. The highest BCUT2D eigenvalue weighted by atomic mass is 16.5. The standard InChI is InChI=1S/C14H25NO5/c1-4-20-13(17)11-5-7-14(18,8-6-11)9-15-10(2)12(16)19-3/h10-11,15,18H,4-9H2,1-3H3. The number of carbonyl (C=O) groups is 2. The largest absolute Gasteiger partial charge is 0.468 e. The maximum atomic E-state index is 11.6. The van der Waals surface area contributed by atoms with Gasteiger partial charge >= 0.3 is 11.9 Å². The first-order valence-corrected chi connectivity index (χ1v) is 7.12. The van der Waals surface area contributed by atoms with Gasteiger partial charge in [-0.3, -0.25) is 9.59 Å².